The number of benzene rings is 2. The first-order valence-corrected chi connectivity index (χ1v) is 10.6. The Bertz CT molecular complexity index is 1260. The smallest absolute Gasteiger partial charge is 0.235 e. The highest BCUT2D eigenvalue weighted by Crippen LogP contribution is 2.28. The molecule has 0 spiro atoms. The van der Waals surface area contributed by atoms with Crippen LogP contribution in [0.5, 0.6) is 5.75 Å². The zero-order valence-electron chi connectivity index (χ0n) is 16.4. The van der Waals surface area contributed by atoms with E-state index in [0.717, 1.165) is 57.8 Å². The lowest BCUT2D eigenvalue weighted by molar-refractivity contribution is 0.415. The summed E-state index contributed by atoms with van der Waals surface area (Å²) in [5, 5.41) is 21.7. The van der Waals surface area contributed by atoms with Crippen LogP contribution in [-0.2, 0) is 12.8 Å². The molecule has 0 aliphatic heterocycles. The standard InChI is InChI=1S/C22H20N6OS/c1-29-17-12-10-16(11-13-17)18-14-19(24-23-18)21-27-28-20(25-26-22(28)30-21)9-5-8-15-6-3-2-4-7-15/h2-4,6-7,10-14H,5,8-9H2,1H3,(H,23,24). The molecular formula is C22H20N6OS. The molecule has 30 heavy (non-hydrogen) atoms. The van der Waals surface area contributed by atoms with Crippen LogP contribution in [0.4, 0.5) is 0 Å². The minimum absolute atomic E-state index is 0.792. The number of aryl methyl sites for hydroxylation is 2. The van der Waals surface area contributed by atoms with Gasteiger partial charge in [0.1, 0.15) is 5.75 Å². The van der Waals surface area contributed by atoms with Crippen molar-refractivity contribution in [2.24, 2.45) is 0 Å². The highest BCUT2D eigenvalue weighted by atomic mass is 32.1. The Morgan fingerprint density at radius 1 is 1.00 bits per heavy atom. The Hall–Kier alpha value is -3.52. The van der Waals surface area contributed by atoms with E-state index in [1.807, 2.05) is 40.9 Å². The molecule has 2 aromatic carbocycles. The van der Waals surface area contributed by atoms with Gasteiger partial charge in [0.05, 0.1) is 18.5 Å². The van der Waals surface area contributed by atoms with Crippen LogP contribution in [0, 0.1) is 0 Å². The Kier molecular flexibility index (Phi) is 4.98. The van der Waals surface area contributed by atoms with Crippen LogP contribution >= 0.6 is 11.3 Å². The van der Waals surface area contributed by atoms with Gasteiger partial charge in [-0.15, -0.1) is 10.2 Å². The topological polar surface area (TPSA) is 81.0 Å². The lowest BCUT2D eigenvalue weighted by Gasteiger charge is -2.00. The van der Waals surface area contributed by atoms with Crippen LogP contribution < -0.4 is 4.74 Å². The molecule has 0 unspecified atom stereocenters. The van der Waals surface area contributed by atoms with Gasteiger partial charge in [0.25, 0.3) is 0 Å². The van der Waals surface area contributed by atoms with E-state index in [1.165, 1.54) is 16.9 Å². The van der Waals surface area contributed by atoms with Gasteiger partial charge in [-0.25, -0.2) is 0 Å². The summed E-state index contributed by atoms with van der Waals surface area (Å²) in [5.41, 5.74) is 4.08. The van der Waals surface area contributed by atoms with Crippen LogP contribution in [0.2, 0.25) is 0 Å². The monoisotopic (exact) mass is 416 g/mol. The Morgan fingerprint density at radius 2 is 1.83 bits per heavy atom. The van der Waals surface area contributed by atoms with Crippen molar-refractivity contribution in [2.45, 2.75) is 19.3 Å². The molecule has 0 aliphatic rings. The van der Waals surface area contributed by atoms with Crippen molar-refractivity contribution in [3.8, 4) is 27.7 Å². The number of H-pyrrole nitrogens is 1. The number of fused-ring (bicyclic) bond motifs is 1. The third kappa shape index (κ3) is 3.69. The Balaban J connectivity index is 1.32. The van der Waals surface area contributed by atoms with Gasteiger partial charge in [-0.05, 0) is 48.7 Å². The Morgan fingerprint density at radius 3 is 2.63 bits per heavy atom. The predicted molar refractivity (Wildman–Crippen MR) is 117 cm³/mol. The van der Waals surface area contributed by atoms with E-state index in [-0.39, 0.29) is 0 Å². The number of nitrogens with one attached hydrogen (secondary N) is 1. The number of ether oxygens (including phenoxy) is 1. The van der Waals surface area contributed by atoms with Gasteiger partial charge in [0, 0.05) is 12.0 Å². The van der Waals surface area contributed by atoms with Crippen LogP contribution in [0.3, 0.4) is 0 Å². The van der Waals surface area contributed by atoms with E-state index in [9.17, 15) is 0 Å². The van der Waals surface area contributed by atoms with E-state index in [4.69, 9.17) is 9.84 Å². The van der Waals surface area contributed by atoms with Crippen molar-refractivity contribution in [3.63, 3.8) is 0 Å². The number of rotatable bonds is 7. The lowest BCUT2D eigenvalue weighted by atomic mass is 10.1. The fraction of sp³-hybridized carbons (Fsp3) is 0.182. The molecule has 5 rings (SSSR count). The van der Waals surface area contributed by atoms with Crippen molar-refractivity contribution < 1.29 is 4.74 Å². The Labute approximate surface area is 177 Å². The first-order valence-electron chi connectivity index (χ1n) is 9.75. The molecule has 7 nitrogen and oxygen atoms in total. The zero-order chi connectivity index (χ0) is 20.3. The molecule has 0 saturated carbocycles. The van der Waals surface area contributed by atoms with Gasteiger partial charge in [-0.2, -0.15) is 14.7 Å². The third-order valence-corrected chi connectivity index (χ3v) is 5.89. The average Bonchev–Trinajstić information content (AvgIpc) is 3.51. The van der Waals surface area contributed by atoms with Gasteiger partial charge < -0.3 is 4.74 Å². The summed E-state index contributed by atoms with van der Waals surface area (Å²) in [4.78, 5) is 0.792. The van der Waals surface area contributed by atoms with Gasteiger partial charge in [-0.1, -0.05) is 41.7 Å². The summed E-state index contributed by atoms with van der Waals surface area (Å²) >= 11 is 1.50. The van der Waals surface area contributed by atoms with E-state index in [2.05, 4.69) is 44.7 Å². The van der Waals surface area contributed by atoms with E-state index in [1.54, 1.807) is 7.11 Å². The van der Waals surface area contributed by atoms with Crippen LogP contribution in [0.25, 0.3) is 26.9 Å². The van der Waals surface area contributed by atoms with E-state index in [0.29, 0.717) is 0 Å². The summed E-state index contributed by atoms with van der Waals surface area (Å²) in [6.07, 6.45) is 2.85. The van der Waals surface area contributed by atoms with Crippen LogP contribution in [-0.4, -0.2) is 37.1 Å². The summed E-state index contributed by atoms with van der Waals surface area (Å²) in [6, 6.07) is 20.3. The average molecular weight is 417 g/mol. The highest BCUT2D eigenvalue weighted by molar-refractivity contribution is 7.19. The molecule has 0 amide bonds. The minimum atomic E-state index is 0.792. The van der Waals surface area contributed by atoms with Crippen LogP contribution in [0.15, 0.2) is 60.7 Å². The summed E-state index contributed by atoms with van der Waals surface area (Å²) in [7, 11) is 1.66. The maximum absolute atomic E-state index is 5.22. The fourth-order valence-electron chi connectivity index (χ4n) is 3.36. The molecule has 3 heterocycles. The molecule has 0 atom stereocenters. The van der Waals surface area contributed by atoms with Crippen LogP contribution in [0.1, 0.15) is 17.8 Å². The maximum Gasteiger partial charge on any atom is 0.235 e. The van der Waals surface area contributed by atoms with Gasteiger partial charge in [0.15, 0.2) is 10.8 Å². The first kappa shape index (κ1) is 18.5. The normalized spacial score (nSPS) is 11.2. The molecule has 1 N–H and O–H groups in total. The zero-order valence-corrected chi connectivity index (χ0v) is 17.3. The van der Waals surface area contributed by atoms with Crippen molar-refractivity contribution in [3.05, 3.63) is 72.1 Å². The lowest BCUT2D eigenvalue weighted by Crippen LogP contribution is -1.98. The van der Waals surface area contributed by atoms with Gasteiger partial charge >= 0.3 is 0 Å². The molecule has 150 valence electrons. The number of aromatic amines is 1. The second-order valence-electron chi connectivity index (χ2n) is 6.95. The molecule has 5 aromatic rings. The highest BCUT2D eigenvalue weighted by Gasteiger charge is 2.15. The van der Waals surface area contributed by atoms with Crippen molar-refractivity contribution in [2.75, 3.05) is 7.11 Å². The van der Waals surface area contributed by atoms with Crippen molar-refractivity contribution >= 4 is 16.3 Å². The molecular weight excluding hydrogens is 396 g/mol. The molecule has 3 aromatic heterocycles. The predicted octanol–water partition coefficient (Wildman–Crippen LogP) is 4.43. The molecule has 0 saturated heterocycles. The number of nitrogens with zero attached hydrogens (tertiary/aromatic N) is 5. The van der Waals surface area contributed by atoms with Crippen molar-refractivity contribution in [1.29, 1.82) is 0 Å². The number of aromatic nitrogens is 6. The third-order valence-electron chi connectivity index (χ3n) is 4.96. The second kappa shape index (κ2) is 8.08. The summed E-state index contributed by atoms with van der Waals surface area (Å²) in [6.45, 7) is 0. The number of hydrogen-bond donors (Lipinski definition) is 1. The summed E-state index contributed by atoms with van der Waals surface area (Å²) < 4.78 is 7.06. The van der Waals surface area contributed by atoms with E-state index >= 15 is 0 Å². The van der Waals surface area contributed by atoms with Gasteiger partial charge in [0.2, 0.25) is 4.96 Å². The molecule has 0 bridgehead atoms. The van der Waals surface area contributed by atoms with Crippen molar-refractivity contribution in [1.82, 2.24) is 30.0 Å². The molecule has 8 heteroatoms. The molecule has 0 fully saturated rings. The number of hydrogen-bond acceptors (Lipinski definition) is 6. The fourth-order valence-corrected chi connectivity index (χ4v) is 4.18. The summed E-state index contributed by atoms with van der Waals surface area (Å²) in [5.74, 6) is 1.71. The first-order chi connectivity index (χ1) is 14.8. The molecule has 0 radical (unpaired) electrons. The number of methoxy groups -OCH3 is 1. The minimum Gasteiger partial charge on any atom is -0.497 e. The van der Waals surface area contributed by atoms with E-state index < -0.39 is 0 Å². The second-order valence-corrected chi connectivity index (χ2v) is 7.91. The van der Waals surface area contributed by atoms with Gasteiger partial charge in [-0.3, -0.25) is 5.10 Å². The maximum atomic E-state index is 5.22. The molecule has 0 aliphatic carbocycles. The SMILES string of the molecule is COc1ccc(-c2cc(-c3nn4c(CCCc5ccccc5)nnc4s3)[nH]n2)cc1. The largest absolute Gasteiger partial charge is 0.497 e. The quantitative estimate of drug-likeness (QED) is 0.425.